The fourth-order valence-corrected chi connectivity index (χ4v) is 3.12. The molecular formula is C21H28N4O2. The van der Waals surface area contributed by atoms with Gasteiger partial charge < -0.3 is 20.9 Å². The zero-order valence-corrected chi connectivity index (χ0v) is 15.8. The van der Waals surface area contributed by atoms with Gasteiger partial charge in [0.2, 0.25) is 0 Å². The van der Waals surface area contributed by atoms with Gasteiger partial charge in [0.05, 0.1) is 19.8 Å². The Bertz CT molecular complexity index is 736. The molecule has 0 bridgehead atoms. The number of benzene rings is 2. The number of aliphatic hydroxyl groups is 1. The summed E-state index contributed by atoms with van der Waals surface area (Å²) >= 11 is 0. The van der Waals surface area contributed by atoms with Crippen LogP contribution in [0.2, 0.25) is 0 Å². The Labute approximate surface area is 160 Å². The molecule has 2 aromatic carbocycles. The monoisotopic (exact) mass is 368 g/mol. The third kappa shape index (κ3) is 5.98. The molecule has 6 heteroatoms. The average molecular weight is 368 g/mol. The lowest BCUT2D eigenvalue weighted by atomic mass is 10.1. The van der Waals surface area contributed by atoms with E-state index in [-0.39, 0.29) is 6.10 Å². The van der Waals surface area contributed by atoms with Crippen LogP contribution in [-0.2, 0) is 13.1 Å². The highest BCUT2D eigenvalue weighted by molar-refractivity contribution is 5.92. The minimum atomic E-state index is -0.126. The van der Waals surface area contributed by atoms with E-state index in [4.69, 9.17) is 10.5 Å². The molecule has 1 aliphatic heterocycles. The molecule has 0 spiro atoms. The predicted molar refractivity (Wildman–Crippen MR) is 109 cm³/mol. The molecule has 1 aliphatic rings. The van der Waals surface area contributed by atoms with E-state index in [2.05, 4.69) is 39.5 Å². The van der Waals surface area contributed by atoms with Crippen molar-refractivity contribution in [1.82, 2.24) is 4.90 Å². The van der Waals surface area contributed by atoms with Crippen LogP contribution in [0.5, 0.6) is 5.75 Å². The average Bonchev–Trinajstić information content (AvgIpc) is 2.70. The number of hydrogen-bond acceptors (Lipinski definition) is 4. The van der Waals surface area contributed by atoms with E-state index in [1.807, 2.05) is 24.3 Å². The first-order valence-electron chi connectivity index (χ1n) is 9.31. The van der Waals surface area contributed by atoms with Crippen LogP contribution in [0.1, 0.15) is 24.0 Å². The predicted octanol–water partition coefficient (Wildman–Crippen LogP) is 2.58. The molecular weight excluding hydrogens is 340 g/mol. The Morgan fingerprint density at radius 2 is 1.74 bits per heavy atom. The number of nitrogens with zero attached hydrogens (tertiary/aromatic N) is 2. The lowest BCUT2D eigenvalue weighted by Crippen LogP contribution is -2.35. The minimum Gasteiger partial charge on any atom is -0.497 e. The molecule has 144 valence electrons. The molecule has 0 radical (unpaired) electrons. The van der Waals surface area contributed by atoms with Crippen molar-refractivity contribution in [3.63, 3.8) is 0 Å². The van der Waals surface area contributed by atoms with Gasteiger partial charge in [-0.05, 0) is 48.2 Å². The minimum absolute atomic E-state index is 0.126. The number of nitrogens with two attached hydrogens (primary N) is 1. The highest BCUT2D eigenvalue weighted by Crippen LogP contribution is 2.16. The van der Waals surface area contributed by atoms with Crippen LogP contribution in [-0.4, -0.2) is 42.3 Å². The van der Waals surface area contributed by atoms with Crippen molar-refractivity contribution in [2.75, 3.05) is 25.5 Å². The number of aliphatic imine (C=N–C) groups is 1. The zero-order chi connectivity index (χ0) is 19.1. The van der Waals surface area contributed by atoms with E-state index in [0.717, 1.165) is 49.5 Å². The topological polar surface area (TPSA) is 83.1 Å². The second-order valence-corrected chi connectivity index (χ2v) is 6.88. The zero-order valence-electron chi connectivity index (χ0n) is 15.8. The smallest absolute Gasteiger partial charge is 0.193 e. The Morgan fingerprint density at radius 1 is 1.11 bits per heavy atom. The second-order valence-electron chi connectivity index (χ2n) is 6.88. The maximum Gasteiger partial charge on any atom is 0.193 e. The Morgan fingerprint density at radius 3 is 2.37 bits per heavy atom. The normalized spacial score (nSPS) is 16.3. The van der Waals surface area contributed by atoms with E-state index in [9.17, 15) is 5.11 Å². The lowest BCUT2D eigenvalue weighted by Gasteiger charge is -2.29. The number of nitrogens with one attached hydrogen (secondary N) is 1. The highest BCUT2D eigenvalue weighted by Gasteiger charge is 2.16. The third-order valence-electron chi connectivity index (χ3n) is 4.78. The van der Waals surface area contributed by atoms with Crippen molar-refractivity contribution in [3.8, 4) is 5.75 Å². The summed E-state index contributed by atoms with van der Waals surface area (Å²) in [6.07, 6.45) is 1.61. The summed E-state index contributed by atoms with van der Waals surface area (Å²) in [7, 11) is 1.64. The number of likely N-dealkylation sites (tertiary alicyclic amines) is 1. The van der Waals surface area contributed by atoms with Crippen molar-refractivity contribution in [1.29, 1.82) is 0 Å². The first kappa shape index (κ1) is 19.2. The molecule has 4 N–H and O–H groups in total. The lowest BCUT2D eigenvalue weighted by molar-refractivity contribution is 0.0792. The van der Waals surface area contributed by atoms with Gasteiger partial charge in [-0.3, -0.25) is 4.90 Å². The van der Waals surface area contributed by atoms with Gasteiger partial charge in [-0.15, -0.1) is 0 Å². The van der Waals surface area contributed by atoms with E-state index >= 15 is 0 Å². The number of hydrogen-bond donors (Lipinski definition) is 3. The van der Waals surface area contributed by atoms with Crippen molar-refractivity contribution in [2.45, 2.75) is 32.0 Å². The molecule has 0 unspecified atom stereocenters. The van der Waals surface area contributed by atoms with Gasteiger partial charge in [0.1, 0.15) is 5.75 Å². The summed E-state index contributed by atoms with van der Waals surface area (Å²) in [6.45, 7) is 3.38. The van der Waals surface area contributed by atoms with Crippen LogP contribution in [0.3, 0.4) is 0 Å². The number of anilines is 1. The standard InChI is InChI=1S/C21H28N4O2/c1-27-20-8-6-18(7-9-20)24-21(22)23-14-16-2-4-17(5-3-16)15-25-12-10-19(26)11-13-25/h2-9,19,26H,10-15H2,1H3,(H3,22,23,24). The molecule has 0 amide bonds. The van der Waals surface area contributed by atoms with Gasteiger partial charge in [0.25, 0.3) is 0 Å². The maximum atomic E-state index is 9.59. The van der Waals surface area contributed by atoms with Gasteiger partial charge in [-0.25, -0.2) is 4.99 Å². The van der Waals surface area contributed by atoms with Crippen molar-refractivity contribution < 1.29 is 9.84 Å². The van der Waals surface area contributed by atoms with Gasteiger partial charge in [0, 0.05) is 25.3 Å². The molecule has 0 atom stereocenters. The molecule has 0 aliphatic carbocycles. The Hall–Kier alpha value is -2.57. The summed E-state index contributed by atoms with van der Waals surface area (Å²) in [5.74, 6) is 1.19. The number of guanidine groups is 1. The summed E-state index contributed by atoms with van der Waals surface area (Å²) in [6, 6.07) is 16.0. The molecule has 1 heterocycles. The second kappa shape index (κ2) is 9.39. The van der Waals surface area contributed by atoms with Crippen LogP contribution in [0.4, 0.5) is 5.69 Å². The SMILES string of the molecule is COc1ccc(NC(N)=NCc2ccc(CN3CCC(O)CC3)cc2)cc1. The largest absolute Gasteiger partial charge is 0.497 e. The highest BCUT2D eigenvalue weighted by atomic mass is 16.5. The summed E-state index contributed by atoms with van der Waals surface area (Å²) in [5.41, 5.74) is 9.24. The molecule has 1 saturated heterocycles. The molecule has 0 aromatic heterocycles. The van der Waals surface area contributed by atoms with Gasteiger partial charge in [-0.2, -0.15) is 0 Å². The Kier molecular flexibility index (Phi) is 6.68. The first-order valence-corrected chi connectivity index (χ1v) is 9.31. The van der Waals surface area contributed by atoms with Crippen molar-refractivity contribution >= 4 is 11.6 Å². The molecule has 1 fully saturated rings. The summed E-state index contributed by atoms with van der Waals surface area (Å²) in [4.78, 5) is 6.79. The molecule has 27 heavy (non-hydrogen) atoms. The number of piperidine rings is 1. The van der Waals surface area contributed by atoms with Crippen LogP contribution < -0.4 is 15.8 Å². The van der Waals surface area contributed by atoms with Crippen LogP contribution in [0.15, 0.2) is 53.5 Å². The molecule has 3 rings (SSSR count). The Balaban J connectivity index is 1.49. The quantitative estimate of drug-likeness (QED) is 0.539. The number of methoxy groups -OCH3 is 1. The fraction of sp³-hybridized carbons (Fsp3) is 0.381. The number of rotatable bonds is 6. The maximum absolute atomic E-state index is 9.59. The number of ether oxygens (including phenoxy) is 1. The van der Waals surface area contributed by atoms with E-state index in [1.165, 1.54) is 5.56 Å². The number of aliphatic hydroxyl groups excluding tert-OH is 1. The first-order chi connectivity index (χ1) is 13.1. The van der Waals surface area contributed by atoms with Crippen LogP contribution in [0.25, 0.3) is 0 Å². The van der Waals surface area contributed by atoms with E-state index in [0.29, 0.717) is 12.5 Å². The van der Waals surface area contributed by atoms with Crippen molar-refractivity contribution in [3.05, 3.63) is 59.7 Å². The van der Waals surface area contributed by atoms with Crippen molar-refractivity contribution in [2.24, 2.45) is 10.7 Å². The molecule has 6 nitrogen and oxygen atoms in total. The third-order valence-corrected chi connectivity index (χ3v) is 4.78. The van der Waals surface area contributed by atoms with Gasteiger partial charge in [-0.1, -0.05) is 24.3 Å². The van der Waals surface area contributed by atoms with Crippen LogP contribution in [0, 0.1) is 0 Å². The molecule has 2 aromatic rings. The summed E-state index contributed by atoms with van der Waals surface area (Å²) < 4.78 is 5.14. The van der Waals surface area contributed by atoms with Gasteiger partial charge in [0.15, 0.2) is 5.96 Å². The van der Waals surface area contributed by atoms with E-state index in [1.54, 1.807) is 7.11 Å². The summed E-state index contributed by atoms with van der Waals surface area (Å²) in [5, 5.41) is 12.7. The van der Waals surface area contributed by atoms with Gasteiger partial charge >= 0.3 is 0 Å². The molecule has 0 saturated carbocycles. The van der Waals surface area contributed by atoms with Crippen LogP contribution >= 0.6 is 0 Å². The van der Waals surface area contributed by atoms with E-state index < -0.39 is 0 Å². The fourth-order valence-electron chi connectivity index (χ4n) is 3.12.